The normalized spacial score (nSPS) is 10.8. The molecular formula is C50H34N2O2S2Zn. The van der Waals surface area contributed by atoms with Gasteiger partial charge in [0.25, 0.3) is 0 Å². The van der Waals surface area contributed by atoms with E-state index in [9.17, 15) is 10.2 Å². The van der Waals surface area contributed by atoms with Gasteiger partial charge in [0.15, 0.2) is 0 Å². The fourth-order valence-corrected chi connectivity index (χ4v) is 8.95. The molecule has 7 heteroatoms. The van der Waals surface area contributed by atoms with Gasteiger partial charge in [-0.2, -0.15) is 0 Å². The number of benzene rings is 8. The molecule has 0 amide bonds. The fraction of sp³-hybridized carbons (Fsp3) is 0. The van der Waals surface area contributed by atoms with Crippen LogP contribution < -0.4 is 0 Å². The molecule has 0 aliphatic heterocycles. The fourth-order valence-electron chi connectivity index (χ4n) is 6.91. The predicted octanol–water partition coefficient (Wildman–Crippen LogP) is 14.0. The molecule has 0 saturated carbocycles. The second-order valence-corrected chi connectivity index (χ2v) is 15.3. The van der Waals surface area contributed by atoms with Crippen LogP contribution in [-0.2, 0) is 19.5 Å². The molecular weight excluding hydrogens is 790 g/mol. The molecule has 8 aromatic carbocycles. The van der Waals surface area contributed by atoms with Crippen LogP contribution in [-0.4, -0.2) is 20.2 Å². The van der Waals surface area contributed by atoms with Gasteiger partial charge in [-0.1, -0.05) is 146 Å². The summed E-state index contributed by atoms with van der Waals surface area (Å²) in [6.45, 7) is 0. The summed E-state index contributed by atoms with van der Waals surface area (Å²) < 4.78 is 2.22. The number of hydrogen-bond acceptors (Lipinski definition) is 6. The van der Waals surface area contributed by atoms with E-state index in [1.54, 1.807) is 34.8 Å². The number of aromatic nitrogens is 2. The van der Waals surface area contributed by atoms with Gasteiger partial charge in [-0.25, -0.2) is 9.97 Å². The minimum absolute atomic E-state index is 0. The molecule has 0 unspecified atom stereocenters. The minimum atomic E-state index is 0. The number of thiazole rings is 2. The molecule has 0 atom stereocenters. The Morgan fingerprint density at radius 2 is 0.596 bits per heavy atom. The van der Waals surface area contributed by atoms with Gasteiger partial charge < -0.3 is 10.2 Å². The second kappa shape index (κ2) is 16.9. The van der Waals surface area contributed by atoms with Crippen molar-refractivity contribution in [1.82, 2.24) is 9.97 Å². The number of rotatable bonds is 6. The quantitative estimate of drug-likeness (QED) is 0.164. The molecule has 10 aromatic rings. The number of phenolic OH excluding ortho intramolecular Hbond substituents is 2. The SMILES string of the molecule is Oc1ccccc1-c1nc2cc(-c3ccccc3)c(-c3ccccc3)cc2s1.Oc1ccccc1-c1nc2cc(-c3ccccc3)c(-c3ccccc3)cc2s1.[Zn]. The average Bonchev–Trinajstić information content (AvgIpc) is 3.88. The summed E-state index contributed by atoms with van der Waals surface area (Å²) in [4.78, 5) is 9.65. The maximum atomic E-state index is 10.2. The van der Waals surface area contributed by atoms with E-state index in [1.807, 2.05) is 60.7 Å². The minimum Gasteiger partial charge on any atom is -0.507 e. The Bertz CT molecular complexity index is 2580. The first kappa shape index (κ1) is 37.7. The van der Waals surface area contributed by atoms with Crippen LogP contribution in [0.15, 0.2) is 194 Å². The van der Waals surface area contributed by atoms with Gasteiger partial charge in [-0.15, -0.1) is 22.7 Å². The molecule has 2 aromatic heterocycles. The predicted molar refractivity (Wildman–Crippen MR) is 235 cm³/mol. The van der Waals surface area contributed by atoms with E-state index in [1.165, 1.54) is 33.4 Å². The van der Waals surface area contributed by atoms with Gasteiger partial charge >= 0.3 is 0 Å². The van der Waals surface area contributed by atoms with Crippen molar-refractivity contribution in [2.24, 2.45) is 0 Å². The Morgan fingerprint density at radius 3 is 0.912 bits per heavy atom. The third-order valence-electron chi connectivity index (χ3n) is 9.66. The number of phenols is 2. The number of para-hydroxylation sites is 2. The van der Waals surface area contributed by atoms with Crippen molar-refractivity contribution >= 4 is 43.1 Å². The van der Waals surface area contributed by atoms with Crippen molar-refractivity contribution in [3.63, 3.8) is 0 Å². The third kappa shape index (κ3) is 7.92. The average molecular weight is 824 g/mol. The third-order valence-corrected chi connectivity index (χ3v) is 11.8. The van der Waals surface area contributed by atoms with E-state index >= 15 is 0 Å². The maximum Gasteiger partial charge on any atom is 0.128 e. The second-order valence-electron chi connectivity index (χ2n) is 13.3. The molecule has 0 saturated heterocycles. The number of hydrogen-bond donors (Lipinski definition) is 2. The Balaban J connectivity index is 0.000000157. The summed E-state index contributed by atoms with van der Waals surface area (Å²) in [5.74, 6) is 0.515. The molecule has 0 spiro atoms. The van der Waals surface area contributed by atoms with Gasteiger partial charge in [0, 0.05) is 19.5 Å². The van der Waals surface area contributed by atoms with Gasteiger partial charge in [0.2, 0.25) is 0 Å². The Hall–Kier alpha value is -6.24. The smallest absolute Gasteiger partial charge is 0.128 e. The van der Waals surface area contributed by atoms with Crippen molar-refractivity contribution in [2.45, 2.75) is 0 Å². The summed E-state index contributed by atoms with van der Waals surface area (Å²) in [7, 11) is 0. The van der Waals surface area contributed by atoms with E-state index in [2.05, 4.69) is 121 Å². The summed E-state index contributed by atoms with van der Waals surface area (Å²) >= 11 is 3.21. The number of fused-ring (bicyclic) bond motifs is 2. The Kier molecular flexibility index (Phi) is 11.1. The monoisotopic (exact) mass is 822 g/mol. The molecule has 10 rings (SSSR count). The Labute approximate surface area is 351 Å². The zero-order valence-electron chi connectivity index (χ0n) is 30.8. The number of aromatic hydroxyl groups is 2. The largest absolute Gasteiger partial charge is 0.507 e. The van der Waals surface area contributed by atoms with E-state index in [0.29, 0.717) is 0 Å². The summed E-state index contributed by atoms with van der Waals surface area (Å²) in [5, 5.41) is 22.1. The summed E-state index contributed by atoms with van der Waals surface area (Å²) in [5.41, 5.74) is 12.8. The Morgan fingerprint density at radius 1 is 0.316 bits per heavy atom. The summed E-state index contributed by atoms with van der Waals surface area (Å²) in [6.07, 6.45) is 0. The van der Waals surface area contributed by atoms with Crippen LogP contribution >= 0.6 is 22.7 Å². The zero-order valence-corrected chi connectivity index (χ0v) is 35.4. The van der Waals surface area contributed by atoms with Crippen LogP contribution in [0.25, 0.3) is 86.1 Å². The molecule has 2 N–H and O–H groups in total. The van der Waals surface area contributed by atoms with Crippen LogP contribution in [0.2, 0.25) is 0 Å². The van der Waals surface area contributed by atoms with Crippen molar-refractivity contribution in [3.8, 4) is 77.1 Å². The van der Waals surface area contributed by atoms with Crippen LogP contribution in [0.4, 0.5) is 0 Å². The molecule has 0 aliphatic carbocycles. The molecule has 4 nitrogen and oxygen atoms in total. The molecule has 270 valence electrons. The standard InChI is InChI=1S/2C25H17NOS.Zn/c2*27-23-14-8-7-13-19(23)25-26-22-15-20(17-9-3-1-4-10-17)21(16-24(22)28-25)18-11-5-2-6-12-18;/h2*1-16,27H;. The number of nitrogens with zero attached hydrogens (tertiary/aromatic N) is 2. The van der Waals surface area contributed by atoms with Crippen molar-refractivity contribution < 1.29 is 29.7 Å². The van der Waals surface area contributed by atoms with Crippen LogP contribution in [0.5, 0.6) is 11.5 Å². The van der Waals surface area contributed by atoms with Crippen LogP contribution in [0.3, 0.4) is 0 Å². The van der Waals surface area contributed by atoms with E-state index in [0.717, 1.165) is 52.7 Å². The van der Waals surface area contributed by atoms with E-state index < -0.39 is 0 Å². The van der Waals surface area contributed by atoms with Gasteiger partial charge in [0.1, 0.15) is 21.5 Å². The molecule has 0 aliphatic rings. The zero-order chi connectivity index (χ0) is 37.8. The van der Waals surface area contributed by atoms with Gasteiger partial charge in [-0.05, 0) is 93.0 Å². The first-order valence-electron chi connectivity index (χ1n) is 18.3. The maximum absolute atomic E-state index is 10.2. The summed E-state index contributed by atoms with van der Waals surface area (Å²) in [6, 6.07) is 65.2. The molecule has 0 radical (unpaired) electrons. The molecule has 57 heavy (non-hydrogen) atoms. The topological polar surface area (TPSA) is 66.2 Å². The van der Waals surface area contributed by atoms with Crippen LogP contribution in [0.1, 0.15) is 0 Å². The first-order chi connectivity index (χ1) is 27.6. The van der Waals surface area contributed by atoms with Gasteiger partial charge in [0.05, 0.1) is 31.6 Å². The van der Waals surface area contributed by atoms with E-state index in [-0.39, 0.29) is 31.0 Å². The molecule has 0 bridgehead atoms. The van der Waals surface area contributed by atoms with Crippen molar-refractivity contribution in [3.05, 3.63) is 194 Å². The molecule has 0 fully saturated rings. The van der Waals surface area contributed by atoms with Crippen LogP contribution in [0, 0.1) is 0 Å². The molecule has 2 heterocycles. The van der Waals surface area contributed by atoms with Crippen molar-refractivity contribution in [2.75, 3.05) is 0 Å². The van der Waals surface area contributed by atoms with E-state index in [4.69, 9.17) is 9.97 Å². The van der Waals surface area contributed by atoms with Gasteiger partial charge in [-0.3, -0.25) is 0 Å². The van der Waals surface area contributed by atoms with Crippen molar-refractivity contribution in [1.29, 1.82) is 0 Å². The first-order valence-corrected chi connectivity index (χ1v) is 19.9.